The molecule has 118 valence electrons. The number of carbonyl (C=O) groups is 1. The highest BCUT2D eigenvalue weighted by Crippen LogP contribution is 2.33. The zero-order chi connectivity index (χ0) is 16.0. The largest absolute Gasteiger partial charge is 0.398 e. The maximum Gasteiger partial charge on any atom is 0.398 e. The number of rotatable bonds is 5. The van der Waals surface area contributed by atoms with E-state index in [1.807, 2.05) is 0 Å². The van der Waals surface area contributed by atoms with Gasteiger partial charge in [0, 0.05) is 9.92 Å². The van der Waals surface area contributed by atoms with Crippen molar-refractivity contribution in [1.29, 1.82) is 0 Å². The van der Waals surface area contributed by atoms with Crippen molar-refractivity contribution in [2.45, 2.75) is 24.0 Å². The molecule has 0 aromatic heterocycles. The van der Waals surface area contributed by atoms with E-state index in [1.165, 1.54) is 18.2 Å². The van der Waals surface area contributed by atoms with Crippen LogP contribution in [-0.2, 0) is 0 Å². The summed E-state index contributed by atoms with van der Waals surface area (Å²) in [4.78, 5) is 11.9. The number of urea groups is 1. The van der Waals surface area contributed by atoms with Crippen molar-refractivity contribution in [1.82, 2.24) is 5.32 Å². The number of thioether (sulfide) groups is 1. The van der Waals surface area contributed by atoms with Crippen molar-refractivity contribution in [3.63, 3.8) is 0 Å². The zero-order valence-corrected chi connectivity index (χ0v) is 12.6. The third kappa shape index (κ3) is 6.92. The van der Waals surface area contributed by atoms with Crippen LogP contribution in [0.25, 0.3) is 0 Å². The zero-order valence-electron chi connectivity index (χ0n) is 11.0. The molecule has 4 nitrogen and oxygen atoms in total. The van der Waals surface area contributed by atoms with Gasteiger partial charge >= 0.3 is 12.2 Å². The minimum atomic E-state index is -4.31. The van der Waals surface area contributed by atoms with Gasteiger partial charge in [-0.3, -0.25) is 0 Å². The Bertz CT molecular complexity index is 500. The third-order valence-corrected chi connectivity index (χ3v) is 3.61. The van der Waals surface area contributed by atoms with E-state index in [1.54, 1.807) is 6.92 Å². The highest BCUT2D eigenvalue weighted by molar-refractivity contribution is 7.99. The molecule has 3 N–H and O–H groups in total. The van der Waals surface area contributed by atoms with Gasteiger partial charge in [-0.2, -0.15) is 13.2 Å². The number of hydrogen-bond donors (Lipinski definition) is 3. The van der Waals surface area contributed by atoms with Gasteiger partial charge in [0.2, 0.25) is 0 Å². The molecule has 0 bridgehead atoms. The Kier molecular flexibility index (Phi) is 6.63. The molecule has 0 aliphatic rings. The predicted molar refractivity (Wildman–Crippen MR) is 76.9 cm³/mol. The summed E-state index contributed by atoms with van der Waals surface area (Å²) in [5.74, 6) is -1.07. The Morgan fingerprint density at radius 1 is 1.48 bits per heavy atom. The highest BCUT2D eigenvalue weighted by atomic mass is 35.5. The molecule has 1 rings (SSSR count). The summed E-state index contributed by atoms with van der Waals surface area (Å²) in [6.07, 6.45) is -4.31. The van der Waals surface area contributed by atoms with Gasteiger partial charge in [0.15, 0.2) is 0 Å². The summed E-state index contributed by atoms with van der Waals surface area (Å²) in [6, 6.07) is 3.11. The first-order chi connectivity index (χ1) is 9.71. The minimum Gasteiger partial charge on any atom is -0.394 e. The first-order valence-corrected chi connectivity index (χ1v) is 7.25. The second-order valence-corrected chi connectivity index (χ2v) is 5.68. The van der Waals surface area contributed by atoms with Crippen LogP contribution in [0.2, 0.25) is 5.02 Å². The van der Waals surface area contributed by atoms with Crippen molar-refractivity contribution in [2.75, 3.05) is 17.7 Å². The quantitative estimate of drug-likeness (QED) is 0.718. The average Bonchev–Trinajstić information content (AvgIpc) is 2.36. The Morgan fingerprint density at radius 2 is 2.14 bits per heavy atom. The van der Waals surface area contributed by atoms with Crippen LogP contribution in [0, 0.1) is 0 Å². The Labute approximate surface area is 129 Å². The lowest BCUT2D eigenvalue weighted by Crippen LogP contribution is -2.38. The number of nitrogens with one attached hydrogen (secondary N) is 2. The van der Waals surface area contributed by atoms with E-state index in [9.17, 15) is 18.0 Å². The molecule has 0 aliphatic heterocycles. The second-order valence-electron chi connectivity index (χ2n) is 4.23. The van der Waals surface area contributed by atoms with E-state index in [0.29, 0.717) is 11.8 Å². The number of anilines is 1. The molecule has 2 amide bonds. The van der Waals surface area contributed by atoms with Gasteiger partial charge in [-0.25, -0.2) is 4.79 Å². The van der Waals surface area contributed by atoms with Gasteiger partial charge in [-0.05, 0) is 25.1 Å². The van der Waals surface area contributed by atoms with Crippen LogP contribution in [0.5, 0.6) is 0 Å². The first kappa shape index (κ1) is 17.9. The average molecular weight is 343 g/mol. The van der Waals surface area contributed by atoms with Crippen LogP contribution in [-0.4, -0.2) is 35.7 Å². The van der Waals surface area contributed by atoms with E-state index in [2.05, 4.69) is 10.6 Å². The molecule has 0 aliphatic carbocycles. The summed E-state index contributed by atoms with van der Waals surface area (Å²) < 4.78 is 36.8. The number of amides is 2. The summed E-state index contributed by atoms with van der Waals surface area (Å²) >= 11 is 6.33. The summed E-state index contributed by atoms with van der Waals surface area (Å²) in [5, 5.41) is 14.0. The second kappa shape index (κ2) is 7.77. The number of benzene rings is 1. The lowest BCUT2D eigenvalue weighted by atomic mass is 10.3. The lowest BCUT2D eigenvalue weighted by Gasteiger charge is -2.15. The van der Waals surface area contributed by atoms with Crippen LogP contribution < -0.4 is 10.6 Å². The number of hydrogen-bond acceptors (Lipinski definition) is 3. The normalized spacial score (nSPS) is 12.9. The molecule has 0 spiro atoms. The van der Waals surface area contributed by atoms with Crippen LogP contribution in [0.4, 0.5) is 23.7 Å². The van der Waals surface area contributed by atoms with E-state index in [-0.39, 0.29) is 22.2 Å². The number of halogens is 4. The van der Waals surface area contributed by atoms with Gasteiger partial charge < -0.3 is 15.7 Å². The molecule has 1 aromatic carbocycles. The van der Waals surface area contributed by atoms with Crippen molar-refractivity contribution in [2.24, 2.45) is 0 Å². The van der Waals surface area contributed by atoms with Gasteiger partial charge in [-0.1, -0.05) is 11.6 Å². The molecule has 1 aromatic rings. The number of carbonyl (C=O) groups excluding carboxylic acids is 1. The molecular formula is C12H14ClF3N2O2S. The van der Waals surface area contributed by atoms with E-state index in [0.717, 1.165) is 0 Å². The number of alkyl halides is 3. The van der Waals surface area contributed by atoms with E-state index >= 15 is 0 Å². The molecule has 0 saturated carbocycles. The van der Waals surface area contributed by atoms with Crippen molar-refractivity contribution >= 4 is 35.1 Å². The van der Waals surface area contributed by atoms with Crippen LogP contribution in [0.1, 0.15) is 6.92 Å². The molecule has 21 heavy (non-hydrogen) atoms. The minimum absolute atomic E-state index is 0.180. The maximum atomic E-state index is 12.3. The molecule has 1 atom stereocenters. The van der Waals surface area contributed by atoms with Crippen LogP contribution in [0.3, 0.4) is 0 Å². The Morgan fingerprint density at radius 3 is 2.71 bits per heavy atom. The molecule has 0 fully saturated rings. The Balaban J connectivity index is 2.79. The molecular weight excluding hydrogens is 329 g/mol. The fourth-order valence-corrected chi connectivity index (χ4v) is 2.23. The first-order valence-electron chi connectivity index (χ1n) is 5.88. The van der Waals surface area contributed by atoms with Gasteiger partial charge in [0.1, 0.15) is 0 Å². The third-order valence-electron chi connectivity index (χ3n) is 2.23. The monoisotopic (exact) mass is 342 g/mol. The summed E-state index contributed by atoms with van der Waals surface area (Å²) in [5.41, 5.74) is 0.180. The summed E-state index contributed by atoms with van der Waals surface area (Å²) in [6.45, 7) is 1.33. The molecule has 0 unspecified atom stereocenters. The summed E-state index contributed by atoms with van der Waals surface area (Å²) in [7, 11) is 0. The maximum absolute atomic E-state index is 12.3. The molecule has 0 heterocycles. The Hall–Kier alpha value is -1.12. The van der Waals surface area contributed by atoms with Crippen molar-refractivity contribution < 1.29 is 23.1 Å². The van der Waals surface area contributed by atoms with Crippen LogP contribution in [0.15, 0.2) is 23.1 Å². The molecule has 0 saturated heterocycles. The fraction of sp³-hybridized carbons (Fsp3) is 0.417. The van der Waals surface area contributed by atoms with E-state index in [4.69, 9.17) is 16.7 Å². The molecule has 0 radical (unpaired) electrons. The van der Waals surface area contributed by atoms with Gasteiger partial charge in [0.25, 0.3) is 0 Å². The predicted octanol–water partition coefficient (Wildman–Crippen LogP) is 3.50. The van der Waals surface area contributed by atoms with Gasteiger partial charge in [0.05, 0.1) is 24.1 Å². The number of aliphatic hydroxyl groups excluding tert-OH is 1. The molecule has 9 heteroatoms. The SMILES string of the molecule is C[C@@H](CO)NC(=O)Nc1cc(Cl)ccc1SCC(F)(F)F. The standard InChI is InChI=1S/C12H14ClF3N2O2S/c1-7(5-19)17-11(20)18-9-4-8(13)2-3-10(9)21-6-12(14,15)16/h2-4,7,19H,5-6H2,1H3,(H2,17,18,20)/t7-/m0/s1. The number of aliphatic hydroxyl groups is 1. The smallest absolute Gasteiger partial charge is 0.394 e. The fourth-order valence-electron chi connectivity index (χ4n) is 1.31. The van der Waals surface area contributed by atoms with Crippen molar-refractivity contribution in [3.05, 3.63) is 23.2 Å². The highest BCUT2D eigenvalue weighted by Gasteiger charge is 2.27. The van der Waals surface area contributed by atoms with Crippen LogP contribution >= 0.6 is 23.4 Å². The van der Waals surface area contributed by atoms with Gasteiger partial charge in [-0.15, -0.1) is 11.8 Å². The lowest BCUT2D eigenvalue weighted by molar-refractivity contribution is -0.105. The topological polar surface area (TPSA) is 61.4 Å². The van der Waals surface area contributed by atoms with Crippen molar-refractivity contribution in [3.8, 4) is 0 Å². The van der Waals surface area contributed by atoms with E-state index < -0.39 is 24.0 Å².